The highest BCUT2D eigenvalue weighted by Crippen LogP contribution is 2.43. The van der Waals surface area contributed by atoms with Crippen LogP contribution < -0.4 is 0 Å². The van der Waals surface area contributed by atoms with Gasteiger partial charge in [0.2, 0.25) is 5.78 Å². The lowest BCUT2D eigenvalue weighted by molar-refractivity contribution is -0.242. The number of fused-ring (bicyclic) bond motifs is 1. The van der Waals surface area contributed by atoms with Crippen molar-refractivity contribution >= 4 is 5.78 Å². The van der Waals surface area contributed by atoms with Crippen molar-refractivity contribution in [3.8, 4) is 5.75 Å². The van der Waals surface area contributed by atoms with Crippen LogP contribution in [0, 0.1) is 5.92 Å². The zero-order valence-corrected chi connectivity index (χ0v) is 10.9. The van der Waals surface area contributed by atoms with Crippen LogP contribution in [0.15, 0.2) is 47.9 Å². The van der Waals surface area contributed by atoms with E-state index in [4.69, 9.17) is 4.74 Å². The normalized spacial score (nSPS) is 27.2. The lowest BCUT2D eigenvalue weighted by Crippen LogP contribution is -2.53. The predicted octanol–water partition coefficient (Wildman–Crippen LogP) is 1.06. The molecule has 1 saturated heterocycles. The molecular formula is C15H14O6. The van der Waals surface area contributed by atoms with Gasteiger partial charge >= 0.3 is 0 Å². The van der Waals surface area contributed by atoms with E-state index in [2.05, 4.69) is 0 Å². The number of allylic oxidation sites excluding steroid dienone is 3. The van der Waals surface area contributed by atoms with Crippen molar-refractivity contribution in [2.45, 2.75) is 18.3 Å². The van der Waals surface area contributed by atoms with E-state index in [0.29, 0.717) is 5.56 Å². The van der Waals surface area contributed by atoms with Gasteiger partial charge in [-0.1, -0.05) is 12.1 Å². The van der Waals surface area contributed by atoms with Gasteiger partial charge in [0.1, 0.15) is 17.3 Å². The number of aromatic hydroxyl groups is 1. The number of ketones is 1. The maximum atomic E-state index is 12.3. The van der Waals surface area contributed by atoms with Gasteiger partial charge in [-0.2, -0.15) is 0 Å². The Morgan fingerprint density at radius 1 is 1.14 bits per heavy atom. The fourth-order valence-electron chi connectivity index (χ4n) is 2.57. The molecule has 6 heteroatoms. The van der Waals surface area contributed by atoms with Gasteiger partial charge in [0, 0.05) is 6.08 Å². The Hall–Kier alpha value is -2.31. The molecule has 21 heavy (non-hydrogen) atoms. The highest BCUT2D eigenvalue weighted by molar-refractivity contribution is 5.91. The topological polar surface area (TPSA) is 107 Å². The van der Waals surface area contributed by atoms with E-state index in [1.54, 1.807) is 0 Å². The molecule has 1 aliphatic heterocycles. The number of hydrogen-bond donors (Lipinski definition) is 4. The summed E-state index contributed by atoms with van der Waals surface area (Å²) < 4.78 is 5.53. The summed E-state index contributed by atoms with van der Waals surface area (Å²) in [6.07, 6.45) is 1.56. The lowest BCUT2D eigenvalue weighted by atomic mass is 9.82. The van der Waals surface area contributed by atoms with E-state index in [1.165, 1.54) is 36.4 Å². The Balaban J connectivity index is 2.02. The predicted molar refractivity (Wildman–Crippen MR) is 71.0 cm³/mol. The third-order valence-corrected chi connectivity index (χ3v) is 3.69. The zero-order valence-electron chi connectivity index (χ0n) is 10.9. The summed E-state index contributed by atoms with van der Waals surface area (Å²) >= 11 is 0. The number of phenols is 1. The third-order valence-electron chi connectivity index (χ3n) is 3.69. The first-order valence-corrected chi connectivity index (χ1v) is 6.45. The number of aliphatic hydroxyl groups is 3. The van der Waals surface area contributed by atoms with Crippen LogP contribution >= 0.6 is 0 Å². The van der Waals surface area contributed by atoms with Gasteiger partial charge in [-0.05, 0) is 30.2 Å². The molecule has 0 saturated carbocycles. The number of aliphatic hydroxyl groups excluding tert-OH is 1. The molecule has 4 N–H and O–H groups in total. The Morgan fingerprint density at radius 2 is 1.81 bits per heavy atom. The molecule has 0 radical (unpaired) electrons. The Kier molecular flexibility index (Phi) is 3.00. The number of carbonyl (C=O) groups excluding carboxylic acids is 1. The van der Waals surface area contributed by atoms with E-state index < -0.39 is 23.6 Å². The molecule has 0 amide bonds. The number of Topliss-reactive ketones (excluding diaryl/α,β-unsaturated/α-hetero) is 1. The summed E-state index contributed by atoms with van der Waals surface area (Å²) in [5.74, 6) is -4.07. The van der Waals surface area contributed by atoms with Crippen LogP contribution in [-0.2, 0) is 9.53 Å². The summed E-state index contributed by atoms with van der Waals surface area (Å²) in [4.78, 5) is 12.3. The zero-order chi connectivity index (χ0) is 15.2. The maximum absolute atomic E-state index is 12.3. The minimum Gasteiger partial charge on any atom is -0.508 e. The third kappa shape index (κ3) is 2.18. The highest BCUT2D eigenvalue weighted by atomic mass is 16.6. The van der Waals surface area contributed by atoms with Crippen molar-refractivity contribution in [1.29, 1.82) is 0 Å². The number of carbonyl (C=O) groups is 1. The molecule has 1 aromatic carbocycles. The maximum Gasteiger partial charge on any atom is 0.267 e. The lowest BCUT2D eigenvalue weighted by Gasteiger charge is -2.40. The van der Waals surface area contributed by atoms with E-state index in [9.17, 15) is 25.2 Å². The van der Waals surface area contributed by atoms with Crippen molar-refractivity contribution < 1.29 is 30.0 Å². The van der Waals surface area contributed by atoms with Crippen LogP contribution in [0.3, 0.4) is 0 Å². The van der Waals surface area contributed by atoms with Gasteiger partial charge < -0.3 is 25.2 Å². The van der Waals surface area contributed by atoms with Crippen molar-refractivity contribution in [3.63, 3.8) is 0 Å². The SMILES string of the molecule is O=C1C2CC=C(O)C=C2OC(c2ccc(O)cc2)C1(O)O. The summed E-state index contributed by atoms with van der Waals surface area (Å²) in [5.41, 5.74) is 0.333. The molecular weight excluding hydrogens is 276 g/mol. The molecule has 1 aliphatic carbocycles. The average Bonchev–Trinajstić information content (AvgIpc) is 2.44. The molecule has 6 nitrogen and oxygen atoms in total. The standard InChI is InChI=1S/C15H14O6/c16-9-3-1-8(2-4-9)14-15(19,20)13(18)11-6-5-10(17)7-12(11)21-14/h1-5,7,11,14,16-17,19-20H,6H2. The van der Waals surface area contributed by atoms with Crippen molar-refractivity contribution in [3.05, 3.63) is 53.5 Å². The molecule has 1 aromatic rings. The Bertz CT molecular complexity index is 641. The molecule has 1 heterocycles. The van der Waals surface area contributed by atoms with Gasteiger partial charge in [0.05, 0.1) is 5.92 Å². The molecule has 0 aromatic heterocycles. The van der Waals surface area contributed by atoms with E-state index >= 15 is 0 Å². The van der Waals surface area contributed by atoms with E-state index in [-0.39, 0.29) is 23.7 Å². The Morgan fingerprint density at radius 3 is 2.48 bits per heavy atom. The van der Waals surface area contributed by atoms with Crippen molar-refractivity contribution in [1.82, 2.24) is 0 Å². The smallest absolute Gasteiger partial charge is 0.267 e. The van der Waals surface area contributed by atoms with E-state index in [1.807, 2.05) is 0 Å². The van der Waals surface area contributed by atoms with E-state index in [0.717, 1.165) is 0 Å². The highest BCUT2D eigenvalue weighted by Gasteiger charge is 2.53. The number of phenolic OH excluding ortho intramolecular Hbond substituents is 1. The van der Waals surface area contributed by atoms with Crippen LogP contribution in [0.1, 0.15) is 18.1 Å². The molecule has 0 spiro atoms. The molecule has 3 rings (SSSR count). The van der Waals surface area contributed by atoms with Crippen molar-refractivity contribution in [2.75, 3.05) is 0 Å². The Labute approximate surface area is 120 Å². The van der Waals surface area contributed by atoms with Gasteiger partial charge in [0.25, 0.3) is 5.79 Å². The number of benzene rings is 1. The number of ether oxygens (including phenoxy) is 1. The number of rotatable bonds is 1. The first kappa shape index (κ1) is 13.7. The second-order valence-electron chi connectivity index (χ2n) is 5.14. The molecule has 0 bridgehead atoms. The van der Waals surface area contributed by atoms with Gasteiger partial charge in [-0.25, -0.2) is 0 Å². The minimum absolute atomic E-state index is 0.0118. The van der Waals surface area contributed by atoms with Gasteiger partial charge in [0.15, 0.2) is 6.10 Å². The van der Waals surface area contributed by atoms with Crippen LogP contribution in [-0.4, -0.2) is 32.0 Å². The summed E-state index contributed by atoms with van der Waals surface area (Å²) in [6, 6.07) is 5.59. The van der Waals surface area contributed by atoms with Crippen LogP contribution in [0.5, 0.6) is 5.75 Å². The molecule has 2 aliphatic rings. The summed E-state index contributed by atoms with van der Waals surface area (Å²) in [7, 11) is 0. The first-order chi connectivity index (χ1) is 9.89. The van der Waals surface area contributed by atoms with Crippen molar-refractivity contribution in [2.24, 2.45) is 5.92 Å². The summed E-state index contributed by atoms with van der Waals surface area (Å²) in [6.45, 7) is 0. The van der Waals surface area contributed by atoms with Crippen LogP contribution in [0.25, 0.3) is 0 Å². The largest absolute Gasteiger partial charge is 0.508 e. The molecule has 110 valence electrons. The fraction of sp³-hybridized carbons (Fsp3) is 0.267. The molecule has 2 unspecified atom stereocenters. The summed E-state index contributed by atoms with van der Waals surface area (Å²) in [5, 5.41) is 39.0. The van der Waals surface area contributed by atoms with Gasteiger partial charge in [-0.3, -0.25) is 4.79 Å². The molecule has 2 atom stereocenters. The van der Waals surface area contributed by atoms with Gasteiger partial charge in [-0.15, -0.1) is 0 Å². The second-order valence-corrected chi connectivity index (χ2v) is 5.14. The molecule has 1 fully saturated rings. The van der Waals surface area contributed by atoms with Crippen LogP contribution in [0.4, 0.5) is 0 Å². The quantitative estimate of drug-likeness (QED) is 0.576. The average molecular weight is 290 g/mol. The second kappa shape index (κ2) is 4.61. The fourth-order valence-corrected chi connectivity index (χ4v) is 2.57. The number of hydrogen-bond acceptors (Lipinski definition) is 6. The minimum atomic E-state index is -2.67. The van der Waals surface area contributed by atoms with Crippen LogP contribution in [0.2, 0.25) is 0 Å². The monoisotopic (exact) mass is 290 g/mol. The first-order valence-electron chi connectivity index (χ1n) is 6.45.